The number of carbonyl (C=O) groups is 1. The summed E-state index contributed by atoms with van der Waals surface area (Å²) in [6, 6.07) is 4.66. The minimum Gasteiger partial charge on any atom is -0.748 e. The monoisotopic (exact) mass is 574 g/mol. The van der Waals surface area contributed by atoms with Gasteiger partial charge in [-0.25, -0.2) is 17.6 Å². The Labute approximate surface area is 238 Å². The quantitative estimate of drug-likeness (QED) is 0.163. The SMILES string of the molecule is CC(C)(C)OC(=O)N[C@H](Cc1ccccc1F)CS(=O)(=O)[O-].CCCC[N+](CCCC)(CCCC)CCCC. The standard InChI is InChI=1S/C16H36N.C14H20FNO5S/c1-5-9-13-17(14-10-6-2,15-11-7-3)16-12-8-4;1-14(2,3)21-13(17)16-11(9-22(18,19)20)8-10-6-4-5-7-12(10)15/h5-16H2,1-4H3;4-7,11H,8-9H2,1-3H3,(H,16,17)(H,18,19,20)/q+1;/p-1/t;11-/m.1/s1. The van der Waals surface area contributed by atoms with E-state index < -0.39 is 39.4 Å². The first kappa shape index (κ1) is 37.3. The van der Waals surface area contributed by atoms with Gasteiger partial charge in [0.1, 0.15) is 11.4 Å². The zero-order valence-corrected chi connectivity index (χ0v) is 26.4. The highest BCUT2D eigenvalue weighted by Gasteiger charge is 2.25. The van der Waals surface area contributed by atoms with Crippen LogP contribution in [0.15, 0.2) is 24.3 Å². The molecule has 1 aromatic rings. The largest absolute Gasteiger partial charge is 0.748 e. The fourth-order valence-electron chi connectivity index (χ4n) is 4.45. The Balaban J connectivity index is 0.000000768. The predicted octanol–water partition coefficient (Wildman–Crippen LogP) is 6.81. The van der Waals surface area contributed by atoms with Crippen LogP contribution in [0, 0.1) is 5.82 Å². The van der Waals surface area contributed by atoms with Crippen molar-refractivity contribution in [2.45, 2.75) is 118 Å². The van der Waals surface area contributed by atoms with Gasteiger partial charge >= 0.3 is 6.09 Å². The number of nitrogens with zero attached hydrogens (tertiary/aromatic N) is 1. The highest BCUT2D eigenvalue weighted by atomic mass is 32.2. The molecule has 1 aromatic carbocycles. The molecule has 0 aromatic heterocycles. The summed E-state index contributed by atoms with van der Waals surface area (Å²) >= 11 is 0. The zero-order chi connectivity index (χ0) is 30.0. The molecule has 1 N–H and O–H groups in total. The smallest absolute Gasteiger partial charge is 0.407 e. The van der Waals surface area contributed by atoms with Crippen LogP contribution in [0.5, 0.6) is 0 Å². The van der Waals surface area contributed by atoms with E-state index in [4.69, 9.17) is 4.74 Å². The number of unbranched alkanes of at least 4 members (excludes halogenated alkanes) is 4. The van der Waals surface area contributed by atoms with E-state index in [9.17, 15) is 22.2 Å². The molecule has 0 radical (unpaired) electrons. The molecule has 228 valence electrons. The van der Waals surface area contributed by atoms with E-state index in [1.807, 2.05) is 0 Å². The fourth-order valence-corrected chi connectivity index (χ4v) is 5.14. The first-order valence-corrected chi connectivity index (χ1v) is 16.3. The summed E-state index contributed by atoms with van der Waals surface area (Å²) in [5.41, 5.74) is -0.574. The number of ether oxygens (including phenoxy) is 1. The molecule has 1 atom stereocenters. The second-order valence-electron chi connectivity index (χ2n) is 11.5. The molecule has 0 bridgehead atoms. The van der Waals surface area contributed by atoms with Crippen LogP contribution in [0.25, 0.3) is 0 Å². The van der Waals surface area contributed by atoms with Gasteiger partial charge in [0.2, 0.25) is 0 Å². The number of nitrogens with one attached hydrogen (secondary N) is 1. The summed E-state index contributed by atoms with van der Waals surface area (Å²) < 4.78 is 52.9. The summed E-state index contributed by atoms with van der Waals surface area (Å²) in [6.45, 7) is 19.9. The van der Waals surface area contributed by atoms with E-state index >= 15 is 0 Å². The van der Waals surface area contributed by atoms with E-state index in [-0.39, 0.29) is 12.0 Å². The number of carbonyl (C=O) groups excluding carboxylic acids is 1. The lowest BCUT2D eigenvalue weighted by Crippen LogP contribution is -2.50. The number of benzene rings is 1. The van der Waals surface area contributed by atoms with Crippen molar-refractivity contribution in [2.24, 2.45) is 0 Å². The number of amides is 1. The number of alkyl carbamates (subject to hydrolysis) is 1. The lowest BCUT2D eigenvalue weighted by atomic mass is 10.1. The molecule has 0 heterocycles. The van der Waals surface area contributed by atoms with Crippen molar-refractivity contribution in [3.05, 3.63) is 35.6 Å². The maximum Gasteiger partial charge on any atom is 0.407 e. The first-order valence-electron chi connectivity index (χ1n) is 14.7. The van der Waals surface area contributed by atoms with E-state index in [1.54, 1.807) is 26.8 Å². The van der Waals surface area contributed by atoms with E-state index in [2.05, 4.69) is 33.0 Å². The van der Waals surface area contributed by atoms with Crippen LogP contribution in [0.3, 0.4) is 0 Å². The number of quaternary nitrogens is 1. The average molecular weight is 575 g/mol. The third kappa shape index (κ3) is 19.1. The van der Waals surface area contributed by atoms with Crippen molar-refractivity contribution in [1.29, 1.82) is 0 Å². The molecule has 0 aliphatic carbocycles. The minimum absolute atomic E-state index is 0.132. The molecule has 7 nitrogen and oxygen atoms in total. The maximum atomic E-state index is 13.6. The van der Waals surface area contributed by atoms with Gasteiger partial charge in [-0.3, -0.25) is 0 Å². The van der Waals surface area contributed by atoms with Gasteiger partial charge in [-0.2, -0.15) is 0 Å². The van der Waals surface area contributed by atoms with E-state index in [0.717, 1.165) is 0 Å². The number of rotatable bonds is 17. The molecule has 0 aliphatic heterocycles. The van der Waals surface area contributed by atoms with Crippen LogP contribution in [0.1, 0.15) is 105 Å². The number of hydrogen-bond donors (Lipinski definition) is 1. The molecule has 0 fully saturated rings. The Bertz CT molecular complexity index is 865. The van der Waals surface area contributed by atoms with Crippen LogP contribution in [-0.4, -0.2) is 67.1 Å². The molecule has 0 aliphatic rings. The van der Waals surface area contributed by atoms with Crippen LogP contribution in [-0.2, 0) is 21.3 Å². The van der Waals surface area contributed by atoms with Crippen LogP contribution >= 0.6 is 0 Å². The normalized spacial score (nSPS) is 12.8. The number of halogens is 1. The van der Waals surface area contributed by atoms with Crippen molar-refractivity contribution >= 4 is 16.2 Å². The fraction of sp³-hybridized carbons (Fsp3) is 0.767. The van der Waals surface area contributed by atoms with Crippen LogP contribution < -0.4 is 5.32 Å². The minimum atomic E-state index is -4.59. The summed E-state index contributed by atoms with van der Waals surface area (Å²) in [7, 11) is -4.59. The summed E-state index contributed by atoms with van der Waals surface area (Å²) in [5, 5.41) is 2.30. The highest BCUT2D eigenvalue weighted by Crippen LogP contribution is 2.16. The van der Waals surface area contributed by atoms with Gasteiger partial charge < -0.3 is 19.1 Å². The summed E-state index contributed by atoms with van der Waals surface area (Å²) in [5.74, 6) is -1.39. The van der Waals surface area contributed by atoms with Gasteiger partial charge in [0, 0.05) is 6.04 Å². The van der Waals surface area contributed by atoms with Gasteiger partial charge in [0.15, 0.2) is 0 Å². The molecule has 0 saturated heterocycles. The Kier molecular flexibility index (Phi) is 18.5. The molecular weight excluding hydrogens is 519 g/mol. The molecular formula is C30H55FN2O5S. The summed E-state index contributed by atoms with van der Waals surface area (Å²) in [4.78, 5) is 11.7. The Morgan fingerprint density at radius 1 is 0.923 bits per heavy atom. The third-order valence-corrected chi connectivity index (χ3v) is 7.30. The summed E-state index contributed by atoms with van der Waals surface area (Å²) in [6.07, 6.45) is 10.1. The van der Waals surface area contributed by atoms with E-state index in [1.165, 1.54) is 100 Å². The Morgan fingerprint density at radius 2 is 1.36 bits per heavy atom. The first-order chi connectivity index (χ1) is 18.2. The van der Waals surface area contributed by atoms with Gasteiger partial charge in [-0.1, -0.05) is 71.6 Å². The molecule has 9 heteroatoms. The Hall–Kier alpha value is -1.71. The van der Waals surface area contributed by atoms with Gasteiger partial charge in [0.25, 0.3) is 0 Å². The molecule has 1 rings (SSSR count). The molecule has 0 spiro atoms. The van der Waals surface area contributed by atoms with Crippen molar-refractivity contribution in [1.82, 2.24) is 5.32 Å². The Morgan fingerprint density at radius 3 is 1.72 bits per heavy atom. The van der Waals surface area contributed by atoms with Gasteiger partial charge in [-0.05, 0) is 64.5 Å². The second kappa shape index (κ2) is 19.4. The van der Waals surface area contributed by atoms with Crippen molar-refractivity contribution < 1.29 is 31.4 Å². The number of hydrogen-bond acceptors (Lipinski definition) is 5. The topological polar surface area (TPSA) is 95.5 Å². The van der Waals surface area contributed by atoms with Gasteiger partial charge in [0.05, 0.1) is 42.1 Å². The van der Waals surface area contributed by atoms with Crippen LogP contribution in [0.2, 0.25) is 0 Å². The molecule has 39 heavy (non-hydrogen) atoms. The zero-order valence-electron chi connectivity index (χ0n) is 25.6. The van der Waals surface area contributed by atoms with Gasteiger partial charge in [-0.15, -0.1) is 0 Å². The molecule has 0 saturated carbocycles. The molecule has 0 unspecified atom stereocenters. The molecule has 1 amide bonds. The van der Waals surface area contributed by atoms with Crippen molar-refractivity contribution in [2.75, 3.05) is 31.9 Å². The lowest BCUT2D eigenvalue weighted by Gasteiger charge is -2.39. The highest BCUT2D eigenvalue weighted by molar-refractivity contribution is 7.85. The maximum absolute atomic E-state index is 13.6. The lowest BCUT2D eigenvalue weighted by molar-refractivity contribution is -0.929. The van der Waals surface area contributed by atoms with Crippen LogP contribution in [0.4, 0.5) is 9.18 Å². The third-order valence-electron chi connectivity index (χ3n) is 6.49. The van der Waals surface area contributed by atoms with E-state index in [0.29, 0.717) is 0 Å². The predicted molar refractivity (Wildman–Crippen MR) is 157 cm³/mol. The van der Waals surface area contributed by atoms with Crippen molar-refractivity contribution in [3.63, 3.8) is 0 Å². The average Bonchev–Trinajstić information content (AvgIpc) is 2.83. The second-order valence-corrected chi connectivity index (χ2v) is 13.0. The van der Waals surface area contributed by atoms with Crippen molar-refractivity contribution in [3.8, 4) is 0 Å².